The summed E-state index contributed by atoms with van der Waals surface area (Å²) in [5.74, 6) is -3.65. The topological polar surface area (TPSA) is 117 Å². The third-order valence-electron chi connectivity index (χ3n) is 4.60. The zero-order chi connectivity index (χ0) is 16.1. The zero-order valence-corrected chi connectivity index (χ0v) is 12.6. The highest BCUT2D eigenvalue weighted by Crippen LogP contribution is 2.28. The van der Waals surface area contributed by atoms with Gasteiger partial charge in [-0.3, -0.25) is 0 Å². The zero-order valence-electron chi connectivity index (χ0n) is 12.6. The van der Waals surface area contributed by atoms with Crippen LogP contribution in [0.15, 0.2) is 0 Å². The van der Waals surface area contributed by atoms with Crippen LogP contribution in [0.1, 0.15) is 25.7 Å². The van der Waals surface area contributed by atoms with E-state index in [0.29, 0.717) is 11.1 Å². The number of carboxylic acids is 2. The highest BCUT2D eigenvalue weighted by Gasteiger charge is 2.40. The van der Waals surface area contributed by atoms with Gasteiger partial charge in [-0.15, -0.1) is 0 Å². The van der Waals surface area contributed by atoms with Crippen molar-refractivity contribution < 1.29 is 29.3 Å². The van der Waals surface area contributed by atoms with Gasteiger partial charge in [-0.1, -0.05) is 0 Å². The molecule has 4 saturated heterocycles. The van der Waals surface area contributed by atoms with E-state index in [1.165, 1.54) is 38.8 Å². The van der Waals surface area contributed by atoms with Gasteiger partial charge in [0.1, 0.15) is 0 Å². The first kappa shape index (κ1) is 17.1. The van der Waals surface area contributed by atoms with E-state index >= 15 is 0 Å². The van der Waals surface area contributed by atoms with E-state index < -0.39 is 11.9 Å². The molecular weight excluding hydrogens is 292 g/mol. The molecule has 8 heteroatoms. The molecule has 0 aliphatic carbocycles. The van der Waals surface area contributed by atoms with Crippen molar-refractivity contribution in [3.8, 4) is 0 Å². The van der Waals surface area contributed by atoms with E-state index in [1.807, 2.05) is 0 Å². The molecule has 0 amide bonds. The van der Waals surface area contributed by atoms with Crippen LogP contribution in [0.4, 0.5) is 0 Å². The summed E-state index contributed by atoms with van der Waals surface area (Å²) in [5, 5.41) is 21.6. The standard InChI is InChI=1S/2C6H11NO.C2H2O4/c2*1-3-7-6(1)2-4-8-5-6;3-1(4)2(5)6/h2*7H,1-5H2;(H,3,4)(H,5,6). The summed E-state index contributed by atoms with van der Waals surface area (Å²) in [5.41, 5.74) is 0.889. The number of hydrogen-bond donors (Lipinski definition) is 4. The van der Waals surface area contributed by atoms with Gasteiger partial charge >= 0.3 is 11.9 Å². The van der Waals surface area contributed by atoms with Crippen molar-refractivity contribution in [2.75, 3.05) is 39.5 Å². The Morgan fingerprint density at radius 2 is 1.14 bits per heavy atom. The quantitative estimate of drug-likeness (QED) is 0.439. The summed E-state index contributed by atoms with van der Waals surface area (Å²) in [6.07, 6.45) is 5.11. The second kappa shape index (κ2) is 7.36. The molecule has 126 valence electrons. The SMILES string of the molecule is C1CC2(CCOC2)N1.C1CC2(CCOC2)N1.O=C(O)C(=O)O. The van der Waals surface area contributed by atoms with Crippen molar-refractivity contribution in [2.45, 2.75) is 36.8 Å². The molecule has 4 aliphatic rings. The van der Waals surface area contributed by atoms with Crippen molar-refractivity contribution in [3.63, 3.8) is 0 Å². The molecule has 8 nitrogen and oxygen atoms in total. The van der Waals surface area contributed by atoms with Gasteiger partial charge in [0, 0.05) is 24.3 Å². The first-order chi connectivity index (χ1) is 10.5. The van der Waals surface area contributed by atoms with Crippen molar-refractivity contribution >= 4 is 11.9 Å². The van der Waals surface area contributed by atoms with Crippen molar-refractivity contribution in [2.24, 2.45) is 0 Å². The normalized spacial score (nSPS) is 34.7. The molecule has 2 spiro atoms. The Kier molecular flexibility index (Phi) is 5.74. The lowest BCUT2D eigenvalue weighted by atomic mass is 9.88. The van der Waals surface area contributed by atoms with Crippen LogP contribution in [0, 0.1) is 0 Å². The minimum atomic E-state index is -1.82. The lowest BCUT2D eigenvalue weighted by Crippen LogP contribution is -2.57. The molecule has 4 heterocycles. The molecule has 0 aromatic carbocycles. The van der Waals surface area contributed by atoms with Gasteiger partial charge in [0.15, 0.2) is 0 Å². The molecule has 0 radical (unpaired) electrons. The molecule has 4 N–H and O–H groups in total. The van der Waals surface area contributed by atoms with Gasteiger partial charge in [0.25, 0.3) is 0 Å². The molecule has 4 rings (SSSR count). The highest BCUT2D eigenvalue weighted by molar-refractivity contribution is 6.27. The van der Waals surface area contributed by atoms with Gasteiger partial charge in [-0.2, -0.15) is 0 Å². The molecule has 22 heavy (non-hydrogen) atoms. The minimum absolute atomic E-state index is 0.444. The first-order valence-electron chi connectivity index (χ1n) is 7.59. The summed E-state index contributed by atoms with van der Waals surface area (Å²) in [7, 11) is 0. The fraction of sp³-hybridized carbons (Fsp3) is 0.857. The minimum Gasteiger partial charge on any atom is -0.473 e. The summed E-state index contributed by atoms with van der Waals surface area (Å²) >= 11 is 0. The molecule has 2 atom stereocenters. The van der Waals surface area contributed by atoms with Crippen LogP contribution in [0.25, 0.3) is 0 Å². The smallest absolute Gasteiger partial charge is 0.414 e. The fourth-order valence-electron chi connectivity index (χ4n) is 2.84. The van der Waals surface area contributed by atoms with Crippen LogP contribution in [0.3, 0.4) is 0 Å². The van der Waals surface area contributed by atoms with Crippen molar-refractivity contribution in [1.29, 1.82) is 0 Å². The predicted octanol–water partition coefficient (Wildman–Crippen LogP) is -0.567. The first-order valence-corrected chi connectivity index (χ1v) is 7.59. The van der Waals surface area contributed by atoms with Crippen LogP contribution in [-0.2, 0) is 19.1 Å². The molecule has 0 aromatic rings. The second-order valence-electron chi connectivity index (χ2n) is 6.13. The Morgan fingerprint density at radius 3 is 1.23 bits per heavy atom. The summed E-state index contributed by atoms with van der Waals surface area (Å²) in [4.78, 5) is 18.2. The number of hydrogen-bond acceptors (Lipinski definition) is 6. The summed E-state index contributed by atoms with van der Waals surface area (Å²) in [6, 6.07) is 0. The molecule has 2 unspecified atom stereocenters. The van der Waals surface area contributed by atoms with Crippen LogP contribution in [0.2, 0.25) is 0 Å². The van der Waals surface area contributed by atoms with Crippen molar-refractivity contribution in [3.05, 3.63) is 0 Å². The summed E-state index contributed by atoms with van der Waals surface area (Å²) < 4.78 is 10.5. The number of carbonyl (C=O) groups is 2. The van der Waals surface area contributed by atoms with E-state index in [4.69, 9.17) is 29.3 Å². The van der Waals surface area contributed by atoms with Gasteiger partial charge in [-0.25, -0.2) is 9.59 Å². The van der Waals surface area contributed by atoms with Gasteiger partial charge in [-0.05, 0) is 38.8 Å². The average Bonchev–Trinajstić information content (AvgIpc) is 3.08. The monoisotopic (exact) mass is 316 g/mol. The maximum Gasteiger partial charge on any atom is 0.414 e. The molecule has 4 fully saturated rings. The lowest BCUT2D eigenvalue weighted by molar-refractivity contribution is -0.159. The van der Waals surface area contributed by atoms with E-state index in [-0.39, 0.29) is 0 Å². The molecular formula is C14H24N2O6. The van der Waals surface area contributed by atoms with Gasteiger partial charge in [0.2, 0.25) is 0 Å². The summed E-state index contributed by atoms with van der Waals surface area (Å²) in [6.45, 7) is 6.23. The van der Waals surface area contributed by atoms with Crippen LogP contribution >= 0.6 is 0 Å². The third kappa shape index (κ3) is 4.39. The Bertz CT molecular complexity index is 352. The maximum absolute atomic E-state index is 9.10. The number of nitrogens with one attached hydrogen (secondary N) is 2. The van der Waals surface area contributed by atoms with E-state index in [2.05, 4.69) is 10.6 Å². The Balaban J connectivity index is 0.000000123. The molecule has 4 aliphatic heterocycles. The largest absolute Gasteiger partial charge is 0.473 e. The third-order valence-corrected chi connectivity index (χ3v) is 4.60. The van der Waals surface area contributed by atoms with E-state index in [0.717, 1.165) is 26.4 Å². The van der Waals surface area contributed by atoms with Gasteiger partial charge < -0.3 is 30.3 Å². The predicted molar refractivity (Wildman–Crippen MR) is 76.8 cm³/mol. The van der Waals surface area contributed by atoms with Crippen LogP contribution in [0.5, 0.6) is 0 Å². The number of carboxylic acid groups (broad SMARTS) is 2. The number of ether oxygens (including phenoxy) is 2. The molecule has 0 aromatic heterocycles. The average molecular weight is 316 g/mol. The van der Waals surface area contributed by atoms with Crippen molar-refractivity contribution in [1.82, 2.24) is 10.6 Å². The van der Waals surface area contributed by atoms with Crippen LogP contribution < -0.4 is 10.6 Å². The van der Waals surface area contributed by atoms with E-state index in [1.54, 1.807) is 0 Å². The molecule has 0 bridgehead atoms. The Hall–Kier alpha value is -1.22. The van der Waals surface area contributed by atoms with Crippen LogP contribution in [-0.4, -0.2) is 72.7 Å². The highest BCUT2D eigenvalue weighted by atomic mass is 16.5. The Labute approximate surface area is 129 Å². The fourth-order valence-corrected chi connectivity index (χ4v) is 2.84. The second-order valence-corrected chi connectivity index (χ2v) is 6.13. The number of rotatable bonds is 0. The van der Waals surface area contributed by atoms with Gasteiger partial charge in [0.05, 0.1) is 13.2 Å². The Morgan fingerprint density at radius 1 is 0.773 bits per heavy atom. The number of aliphatic carboxylic acids is 2. The lowest BCUT2D eigenvalue weighted by Gasteiger charge is -2.38. The maximum atomic E-state index is 9.10. The molecule has 0 saturated carbocycles. The van der Waals surface area contributed by atoms with E-state index in [9.17, 15) is 0 Å².